The zero-order chi connectivity index (χ0) is 15.2. The Kier molecular flexibility index (Phi) is 4.96. The van der Waals surface area contributed by atoms with Crippen LogP contribution in [0.3, 0.4) is 0 Å². The minimum Gasteiger partial charge on any atom is -0.496 e. The van der Waals surface area contributed by atoms with E-state index in [9.17, 15) is 4.79 Å². The molecule has 0 aliphatic carbocycles. The first-order chi connectivity index (χ1) is 10.1. The number of nitrogens with one attached hydrogen (secondary N) is 1. The van der Waals surface area contributed by atoms with Gasteiger partial charge in [0.15, 0.2) is 0 Å². The van der Waals surface area contributed by atoms with E-state index in [0.29, 0.717) is 17.0 Å². The van der Waals surface area contributed by atoms with Crippen LogP contribution < -0.4 is 10.1 Å². The van der Waals surface area contributed by atoms with Gasteiger partial charge in [-0.3, -0.25) is 4.79 Å². The highest BCUT2D eigenvalue weighted by Crippen LogP contribution is 2.22. The average molecular weight is 345 g/mol. The molecule has 0 saturated carbocycles. The third-order valence-corrected chi connectivity index (χ3v) is 3.41. The zero-order valence-electron chi connectivity index (χ0n) is 11.4. The van der Waals surface area contributed by atoms with Gasteiger partial charge in [0.25, 0.3) is 0 Å². The number of ether oxygens (including phenoxy) is 1. The van der Waals surface area contributed by atoms with E-state index in [-0.39, 0.29) is 12.3 Å². The van der Waals surface area contributed by atoms with Crippen molar-refractivity contribution in [3.8, 4) is 11.8 Å². The molecule has 0 spiro atoms. The molecule has 0 fully saturated rings. The van der Waals surface area contributed by atoms with Crippen LogP contribution in [-0.2, 0) is 11.2 Å². The molecule has 0 radical (unpaired) electrons. The highest BCUT2D eigenvalue weighted by Gasteiger charge is 2.11. The average Bonchev–Trinajstić information content (AvgIpc) is 2.48. The van der Waals surface area contributed by atoms with Gasteiger partial charge >= 0.3 is 0 Å². The van der Waals surface area contributed by atoms with E-state index in [1.165, 1.54) is 0 Å². The molecule has 2 aromatic rings. The van der Waals surface area contributed by atoms with Crippen LogP contribution >= 0.6 is 15.9 Å². The molecule has 0 aromatic heterocycles. The van der Waals surface area contributed by atoms with Crippen molar-refractivity contribution < 1.29 is 9.53 Å². The summed E-state index contributed by atoms with van der Waals surface area (Å²) >= 11 is 3.32. The van der Waals surface area contributed by atoms with Gasteiger partial charge in [-0.05, 0) is 24.3 Å². The van der Waals surface area contributed by atoms with E-state index in [0.717, 1.165) is 10.0 Å². The Bertz CT molecular complexity index is 708. The summed E-state index contributed by atoms with van der Waals surface area (Å²) in [6, 6.07) is 14.5. The number of rotatable bonds is 4. The molecular formula is C16H13BrN2O2. The number of halogens is 1. The molecule has 0 saturated heterocycles. The lowest BCUT2D eigenvalue weighted by atomic mass is 10.1. The van der Waals surface area contributed by atoms with Crippen LogP contribution in [0.4, 0.5) is 5.69 Å². The van der Waals surface area contributed by atoms with Crippen molar-refractivity contribution in [2.24, 2.45) is 0 Å². The van der Waals surface area contributed by atoms with Crippen LogP contribution in [0.25, 0.3) is 0 Å². The van der Waals surface area contributed by atoms with Gasteiger partial charge in [-0.15, -0.1) is 0 Å². The Morgan fingerprint density at radius 3 is 2.81 bits per heavy atom. The van der Waals surface area contributed by atoms with Crippen molar-refractivity contribution in [3.05, 3.63) is 58.1 Å². The number of para-hydroxylation sites is 1. The molecule has 2 aromatic carbocycles. The fourth-order valence-electron chi connectivity index (χ4n) is 1.93. The summed E-state index contributed by atoms with van der Waals surface area (Å²) in [5.74, 6) is 0.469. The van der Waals surface area contributed by atoms with Crippen LogP contribution in [0.5, 0.6) is 5.75 Å². The number of methoxy groups -OCH3 is 1. The number of nitrogens with zero attached hydrogens (tertiary/aromatic N) is 1. The third-order valence-electron chi connectivity index (χ3n) is 2.92. The van der Waals surface area contributed by atoms with E-state index in [1.54, 1.807) is 25.3 Å². The quantitative estimate of drug-likeness (QED) is 0.922. The molecule has 5 heteroatoms. The lowest BCUT2D eigenvalue weighted by Gasteiger charge is -2.10. The SMILES string of the molecule is COc1ccccc1CC(=O)Nc1cc(Br)ccc1C#N. The van der Waals surface area contributed by atoms with Gasteiger partial charge in [0, 0.05) is 10.0 Å². The predicted octanol–water partition coefficient (Wildman–Crippen LogP) is 3.51. The second-order valence-electron chi connectivity index (χ2n) is 4.34. The molecule has 0 bridgehead atoms. The maximum absolute atomic E-state index is 12.1. The Labute approximate surface area is 131 Å². The molecule has 2 rings (SSSR count). The third kappa shape index (κ3) is 3.83. The minimum absolute atomic E-state index is 0.182. The van der Waals surface area contributed by atoms with Gasteiger partial charge in [0.05, 0.1) is 24.8 Å². The predicted molar refractivity (Wildman–Crippen MR) is 84.2 cm³/mol. The summed E-state index contributed by atoms with van der Waals surface area (Å²) < 4.78 is 6.02. The van der Waals surface area contributed by atoms with Gasteiger partial charge in [0.1, 0.15) is 11.8 Å². The van der Waals surface area contributed by atoms with E-state index >= 15 is 0 Å². The van der Waals surface area contributed by atoms with Crippen LogP contribution in [0, 0.1) is 11.3 Å². The lowest BCUT2D eigenvalue weighted by Crippen LogP contribution is -2.15. The van der Waals surface area contributed by atoms with Crippen molar-refractivity contribution in [2.45, 2.75) is 6.42 Å². The molecule has 0 atom stereocenters. The number of amides is 1. The van der Waals surface area contributed by atoms with E-state index < -0.39 is 0 Å². The number of hydrogen-bond acceptors (Lipinski definition) is 3. The van der Waals surface area contributed by atoms with Gasteiger partial charge < -0.3 is 10.1 Å². The fourth-order valence-corrected chi connectivity index (χ4v) is 2.29. The monoisotopic (exact) mass is 344 g/mol. The highest BCUT2D eigenvalue weighted by molar-refractivity contribution is 9.10. The normalized spacial score (nSPS) is 9.76. The van der Waals surface area contributed by atoms with Gasteiger partial charge in [-0.1, -0.05) is 34.1 Å². The summed E-state index contributed by atoms with van der Waals surface area (Å²) in [5, 5.41) is 11.8. The maximum atomic E-state index is 12.1. The molecule has 1 N–H and O–H groups in total. The standard InChI is InChI=1S/C16H13BrN2O2/c1-21-15-5-3-2-4-11(15)8-16(20)19-14-9-13(17)7-6-12(14)10-18/h2-7,9H,8H2,1H3,(H,19,20). The first-order valence-electron chi connectivity index (χ1n) is 6.25. The second kappa shape index (κ2) is 6.91. The lowest BCUT2D eigenvalue weighted by molar-refractivity contribution is -0.115. The van der Waals surface area contributed by atoms with Crippen molar-refractivity contribution in [3.63, 3.8) is 0 Å². The number of carbonyl (C=O) groups excluding carboxylic acids is 1. The topological polar surface area (TPSA) is 62.1 Å². The molecular weight excluding hydrogens is 332 g/mol. The van der Waals surface area contributed by atoms with Crippen molar-refractivity contribution >= 4 is 27.5 Å². The van der Waals surface area contributed by atoms with Crippen molar-refractivity contribution in [1.29, 1.82) is 5.26 Å². The molecule has 1 amide bonds. The Morgan fingerprint density at radius 1 is 1.33 bits per heavy atom. The van der Waals surface area contributed by atoms with Gasteiger partial charge in [0.2, 0.25) is 5.91 Å². The Hall–Kier alpha value is -2.32. The van der Waals surface area contributed by atoms with Crippen LogP contribution in [-0.4, -0.2) is 13.0 Å². The molecule has 0 aliphatic heterocycles. The molecule has 0 unspecified atom stereocenters. The number of nitriles is 1. The van der Waals surface area contributed by atoms with Crippen molar-refractivity contribution in [2.75, 3.05) is 12.4 Å². The smallest absolute Gasteiger partial charge is 0.228 e. The van der Waals surface area contributed by atoms with Crippen molar-refractivity contribution in [1.82, 2.24) is 0 Å². The summed E-state index contributed by atoms with van der Waals surface area (Å²) in [4.78, 5) is 12.1. The second-order valence-corrected chi connectivity index (χ2v) is 5.25. The number of benzene rings is 2. The van der Waals surface area contributed by atoms with Crippen LogP contribution in [0.15, 0.2) is 46.9 Å². The summed E-state index contributed by atoms with van der Waals surface area (Å²) in [7, 11) is 1.57. The first-order valence-corrected chi connectivity index (χ1v) is 7.04. The number of anilines is 1. The Morgan fingerprint density at radius 2 is 2.10 bits per heavy atom. The molecule has 106 valence electrons. The zero-order valence-corrected chi connectivity index (χ0v) is 13.0. The highest BCUT2D eigenvalue weighted by atomic mass is 79.9. The number of hydrogen-bond donors (Lipinski definition) is 1. The van der Waals surface area contributed by atoms with E-state index in [2.05, 4.69) is 27.3 Å². The molecule has 0 aliphatic rings. The summed E-state index contributed by atoms with van der Waals surface area (Å²) in [6.45, 7) is 0. The van der Waals surface area contributed by atoms with Crippen LogP contribution in [0.1, 0.15) is 11.1 Å². The van der Waals surface area contributed by atoms with Gasteiger partial charge in [-0.25, -0.2) is 0 Å². The number of carbonyl (C=O) groups is 1. The fraction of sp³-hybridized carbons (Fsp3) is 0.125. The largest absolute Gasteiger partial charge is 0.496 e. The van der Waals surface area contributed by atoms with E-state index in [4.69, 9.17) is 10.00 Å². The Balaban J connectivity index is 2.16. The minimum atomic E-state index is -0.200. The van der Waals surface area contributed by atoms with E-state index in [1.807, 2.05) is 24.3 Å². The first kappa shape index (κ1) is 15.1. The van der Waals surface area contributed by atoms with Crippen LogP contribution in [0.2, 0.25) is 0 Å². The molecule has 4 nitrogen and oxygen atoms in total. The maximum Gasteiger partial charge on any atom is 0.228 e. The molecule has 0 heterocycles. The summed E-state index contributed by atoms with van der Waals surface area (Å²) in [5.41, 5.74) is 1.71. The van der Waals surface area contributed by atoms with Gasteiger partial charge in [-0.2, -0.15) is 5.26 Å². The molecule has 21 heavy (non-hydrogen) atoms. The summed E-state index contributed by atoms with van der Waals surface area (Å²) in [6.07, 6.45) is 0.182.